The molecular weight excluding hydrogens is 294 g/mol. The van der Waals surface area contributed by atoms with E-state index in [1.807, 2.05) is 0 Å². The van der Waals surface area contributed by atoms with E-state index in [4.69, 9.17) is 4.52 Å². The Kier molecular flexibility index (Phi) is 4.66. The SMILES string of the molecule is CC(C)N(C)S(=O)(=O)NCc1nc(-c2ccccn2)no1. The molecule has 2 rings (SSSR count). The van der Waals surface area contributed by atoms with Crippen molar-refractivity contribution >= 4 is 10.2 Å². The van der Waals surface area contributed by atoms with E-state index in [0.29, 0.717) is 11.5 Å². The monoisotopic (exact) mass is 311 g/mol. The molecular formula is C12H17N5O3S. The highest BCUT2D eigenvalue weighted by Crippen LogP contribution is 2.12. The summed E-state index contributed by atoms with van der Waals surface area (Å²) in [5.41, 5.74) is 0.564. The zero-order valence-corrected chi connectivity index (χ0v) is 12.8. The van der Waals surface area contributed by atoms with Crippen molar-refractivity contribution in [2.45, 2.75) is 26.4 Å². The van der Waals surface area contributed by atoms with Gasteiger partial charge in [0.25, 0.3) is 10.2 Å². The molecule has 0 radical (unpaired) electrons. The van der Waals surface area contributed by atoms with Crippen molar-refractivity contribution in [2.75, 3.05) is 7.05 Å². The Hall–Kier alpha value is -1.84. The third kappa shape index (κ3) is 3.84. The molecule has 0 fully saturated rings. The molecule has 0 aliphatic carbocycles. The van der Waals surface area contributed by atoms with E-state index in [2.05, 4.69) is 19.8 Å². The lowest BCUT2D eigenvalue weighted by Crippen LogP contribution is -2.41. The van der Waals surface area contributed by atoms with Gasteiger partial charge in [0, 0.05) is 19.3 Å². The molecule has 0 saturated carbocycles. The van der Waals surface area contributed by atoms with Crippen LogP contribution in [0.2, 0.25) is 0 Å². The van der Waals surface area contributed by atoms with Crippen LogP contribution in [-0.4, -0.2) is 40.9 Å². The largest absolute Gasteiger partial charge is 0.337 e. The lowest BCUT2D eigenvalue weighted by molar-refractivity contribution is 0.367. The second kappa shape index (κ2) is 6.29. The van der Waals surface area contributed by atoms with E-state index in [9.17, 15) is 8.42 Å². The van der Waals surface area contributed by atoms with Gasteiger partial charge in [0.15, 0.2) is 0 Å². The minimum absolute atomic E-state index is 0.0702. The molecule has 114 valence electrons. The third-order valence-electron chi connectivity index (χ3n) is 2.87. The first-order chi connectivity index (χ1) is 9.90. The van der Waals surface area contributed by atoms with Crippen molar-refractivity contribution in [1.82, 2.24) is 24.2 Å². The first-order valence-electron chi connectivity index (χ1n) is 6.37. The normalized spacial score (nSPS) is 12.2. The Bertz CT molecular complexity index is 684. The lowest BCUT2D eigenvalue weighted by atomic mass is 10.3. The molecule has 0 aromatic carbocycles. The van der Waals surface area contributed by atoms with Crippen LogP contribution < -0.4 is 4.72 Å². The minimum atomic E-state index is -3.57. The fourth-order valence-electron chi connectivity index (χ4n) is 1.46. The van der Waals surface area contributed by atoms with E-state index in [1.54, 1.807) is 38.2 Å². The van der Waals surface area contributed by atoms with Gasteiger partial charge in [-0.1, -0.05) is 11.2 Å². The smallest absolute Gasteiger partial charge is 0.279 e. The first-order valence-corrected chi connectivity index (χ1v) is 7.81. The number of rotatable bonds is 6. The second-order valence-corrected chi connectivity index (χ2v) is 6.48. The molecule has 0 atom stereocenters. The summed E-state index contributed by atoms with van der Waals surface area (Å²) in [7, 11) is -2.07. The van der Waals surface area contributed by atoms with Gasteiger partial charge >= 0.3 is 0 Å². The molecule has 0 saturated heterocycles. The Morgan fingerprint density at radius 3 is 2.76 bits per heavy atom. The van der Waals surface area contributed by atoms with Gasteiger partial charge in [-0.2, -0.15) is 22.4 Å². The third-order valence-corrected chi connectivity index (χ3v) is 4.56. The number of pyridine rings is 1. The maximum atomic E-state index is 11.9. The minimum Gasteiger partial charge on any atom is -0.337 e. The van der Waals surface area contributed by atoms with Crippen LogP contribution in [0.5, 0.6) is 0 Å². The fourth-order valence-corrected chi connectivity index (χ4v) is 2.52. The van der Waals surface area contributed by atoms with Crippen LogP contribution in [0, 0.1) is 0 Å². The molecule has 9 heteroatoms. The average Bonchev–Trinajstić information content (AvgIpc) is 2.94. The van der Waals surface area contributed by atoms with Gasteiger partial charge in [-0.3, -0.25) is 4.98 Å². The Labute approximate surface area is 123 Å². The Morgan fingerprint density at radius 1 is 1.38 bits per heavy atom. The van der Waals surface area contributed by atoms with Crippen LogP contribution >= 0.6 is 0 Å². The Morgan fingerprint density at radius 2 is 2.14 bits per heavy atom. The van der Waals surface area contributed by atoms with E-state index in [0.717, 1.165) is 0 Å². The fraction of sp³-hybridized carbons (Fsp3) is 0.417. The van der Waals surface area contributed by atoms with Crippen molar-refractivity contribution in [3.63, 3.8) is 0 Å². The maximum absolute atomic E-state index is 11.9. The maximum Gasteiger partial charge on any atom is 0.279 e. The highest BCUT2D eigenvalue weighted by atomic mass is 32.2. The molecule has 0 spiro atoms. The van der Waals surface area contributed by atoms with E-state index in [-0.39, 0.29) is 18.5 Å². The summed E-state index contributed by atoms with van der Waals surface area (Å²) in [4.78, 5) is 8.19. The van der Waals surface area contributed by atoms with Crippen LogP contribution in [0.1, 0.15) is 19.7 Å². The van der Waals surface area contributed by atoms with Gasteiger partial charge in [-0.25, -0.2) is 0 Å². The Balaban J connectivity index is 2.04. The van der Waals surface area contributed by atoms with Crippen LogP contribution in [0.15, 0.2) is 28.9 Å². The van der Waals surface area contributed by atoms with Crippen molar-refractivity contribution in [1.29, 1.82) is 0 Å². The van der Waals surface area contributed by atoms with Gasteiger partial charge in [-0.05, 0) is 26.0 Å². The average molecular weight is 311 g/mol. The van der Waals surface area contributed by atoms with Crippen LogP contribution in [0.4, 0.5) is 0 Å². The van der Waals surface area contributed by atoms with Crippen molar-refractivity contribution in [3.05, 3.63) is 30.3 Å². The summed E-state index contributed by atoms with van der Waals surface area (Å²) < 4.78 is 32.5. The molecule has 2 heterocycles. The zero-order valence-electron chi connectivity index (χ0n) is 12.0. The van der Waals surface area contributed by atoms with E-state index < -0.39 is 10.2 Å². The molecule has 0 aliphatic rings. The van der Waals surface area contributed by atoms with Gasteiger partial charge in [0.2, 0.25) is 11.7 Å². The molecule has 21 heavy (non-hydrogen) atoms. The zero-order chi connectivity index (χ0) is 15.5. The molecule has 0 bridgehead atoms. The van der Waals surface area contributed by atoms with Gasteiger partial charge in [-0.15, -0.1) is 0 Å². The molecule has 8 nitrogen and oxygen atoms in total. The summed E-state index contributed by atoms with van der Waals surface area (Å²) in [6.45, 7) is 3.50. The summed E-state index contributed by atoms with van der Waals surface area (Å²) in [6, 6.07) is 5.18. The van der Waals surface area contributed by atoms with Crippen LogP contribution in [-0.2, 0) is 16.8 Å². The van der Waals surface area contributed by atoms with Gasteiger partial charge in [0.05, 0.1) is 6.54 Å². The molecule has 2 aromatic heterocycles. The lowest BCUT2D eigenvalue weighted by Gasteiger charge is -2.20. The van der Waals surface area contributed by atoms with Crippen LogP contribution in [0.3, 0.4) is 0 Å². The first kappa shape index (κ1) is 15.5. The number of aromatic nitrogens is 3. The predicted molar refractivity (Wildman–Crippen MR) is 76.2 cm³/mol. The molecule has 1 N–H and O–H groups in total. The molecule has 0 aliphatic heterocycles. The van der Waals surface area contributed by atoms with E-state index in [1.165, 1.54) is 11.4 Å². The topological polar surface area (TPSA) is 101 Å². The summed E-state index contributed by atoms with van der Waals surface area (Å²) in [5.74, 6) is 0.499. The van der Waals surface area contributed by atoms with Crippen molar-refractivity contribution in [3.8, 4) is 11.5 Å². The highest BCUT2D eigenvalue weighted by Gasteiger charge is 2.21. The summed E-state index contributed by atoms with van der Waals surface area (Å²) in [5, 5.41) is 3.77. The van der Waals surface area contributed by atoms with Gasteiger partial charge < -0.3 is 4.52 Å². The molecule has 2 aromatic rings. The molecule has 0 unspecified atom stereocenters. The van der Waals surface area contributed by atoms with Crippen molar-refractivity contribution in [2.24, 2.45) is 0 Å². The van der Waals surface area contributed by atoms with E-state index >= 15 is 0 Å². The van der Waals surface area contributed by atoms with Crippen LogP contribution in [0.25, 0.3) is 11.5 Å². The second-order valence-electron chi connectivity index (χ2n) is 4.66. The summed E-state index contributed by atoms with van der Waals surface area (Å²) in [6.07, 6.45) is 1.62. The number of hydrogen-bond donors (Lipinski definition) is 1. The number of nitrogens with one attached hydrogen (secondary N) is 1. The van der Waals surface area contributed by atoms with Crippen molar-refractivity contribution < 1.29 is 12.9 Å². The quantitative estimate of drug-likeness (QED) is 0.847. The molecule has 0 amide bonds. The highest BCUT2D eigenvalue weighted by molar-refractivity contribution is 7.87. The number of hydrogen-bond acceptors (Lipinski definition) is 6. The van der Waals surface area contributed by atoms with Gasteiger partial charge in [0.1, 0.15) is 5.69 Å². The standard InChI is InChI=1S/C12H17N5O3S/c1-9(2)17(3)21(18,19)14-8-11-15-12(16-20-11)10-6-4-5-7-13-10/h4-7,9,14H,8H2,1-3H3. The predicted octanol–water partition coefficient (Wildman–Crippen LogP) is 0.806. The number of nitrogens with zero attached hydrogens (tertiary/aromatic N) is 4. The summed E-state index contributed by atoms with van der Waals surface area (Å²) >= 11 is 0.